The van der Waals surface area contributed by atoms with Crippen LogP contribution in [0.15, 0.2) is 42.0 Å². The minimum atomic E-state index is 0.777. The molecule has 0 bridgehead atoms. The molecule has 0 aliphatic rings. The van der Waals surface area contributed by atoms with Crippen molar-refractivity contribution < 1.29 is 0 Å². The third kappa shape index (κ3) is 3.20. The van der Waals surface area contributed by atoms with E-state index in [0.29, 0.717) is 0 Å². The first-order valence-electron chi connectivity index (χ1n) is 7.08. The van der Waals surface area contributed by atoms with E-state index >= 15 is 0 Å². The Balaban J connectivity index is 1.65. The van der Waals surface area contributed by atoms with E-state index in [4.69, 9.17) is 0 Å². The third-order valence-corrected chi connectivity index (χ3v) is 4.35. The predicted octanol–water partition coefficient (Wildman–Crippen LogP) is 3.39. The van der Waals surface area contributed by atoms with Crippen LogP contribution in [0.3, 0.4) is 0 Å². The average molecular weight is 298 g/mol. The topological polar surface area (TPSA) is 53.6 Å². The van der Waals surface area contributed by atoms with Crippen LogP contribution in [0.4, 0.5) is 0 Å². The maximum absolute atomic E-state index is 4.46. The molecule has 0 spiro atoms. The zero-order valence-corrected chi connectivity index (χ0v) is 12.8. The monoisotopic (exact) mass is 298 g/mol. The number of hydrogen-bond donors (Lipinski definition) is 2. The number of thiophene rings is 1. The molecule has 3 rings (SSSR count). The third-order valence-electron chi connectivity index (χ3n) is 3.46. The SMILES string of the molecule is CCc1cccnc1CNCc1cn[nH]c1-c1cccs1. The lowest BCUT2D eigenvalue weighted by Crippen LogP contribution is -2.15. The van der Waals surface area contributed by atoms with E-state index in [1.165, 1.54) is 16.0 Å². The summed E-state index contributed by atoms with van der Waals surface area (Å²) in [6, 6.07) is 8.29. The van der Waals surface area contributed by atoms with Crippen molar-refractivity contribution in [1.29, 1.82) is 0 Å². The van der Waals surface area contributed by atoms with Crippen molar-refractivity contribution >= 4 is 11.3 Å². The molecule has 0 aliphatic carbocycles. The summed E-state index contributed by atoms with van der Waals surface area (Å²) in [5.41, 5.74) is 4.72. The summed E-state index contributed by atoms with van der Waals surface area (Å²) >= 11 is 1.72. The van der Waals surface area contributed by atoms with E-state index in [9.17, 15) is 0 Å². The summed E-state index contributed by atoms with van der Waals surface area (Å²) in [6.45, 7) is 3.72. The van der Waals surface area contributed by atoms with Crippen LogP contribution in [-0.2, 0) is 19.5 Å². The number of nitrogens with zero attached hydrogens (tertiary/aromatic N) is 2. The smallest absolute Gasteiger partial charge is 0.0794 e. The summed E-state index contributed by atoms with van der Waals surface area (Å²) in [7, 11) is 0. The van der Waals surface area contributed by atoms with Gasteiger partial charge in [0.05, 0.1) is 22.5 Å². The van der Waals surface area contributed by atoms with Gasteiger partial charge in [0, 0.05) is 24.8 Å². The largest absolute Gasteiger partial charge is 0.307 e. The van der Waals surface area contributed by atoms with Gasteiger partial charge in [-0.1, -0.05) is 19.1 Å². The molecule has 108 valence electrons. The number of pyridine rings is 1. The van der Waals surface area contributed by atoms with Crippen LogP contribution in [0.2, 0.25) is 0 Å². The summed E-state index contributed by atoms with van der Waals surface area (Å²) in [4.78, 5) is 5.68. The molecule has 3 heterocycles. The Kier molecular flexibility index (Phi) is 4.43. The number of rotatable bonds is 6. The molecule has 0 unspecified atom stereocenters. The van der Waals surface area contributed by atoms with Crippen LogP contribution in [-0.4, -0.2) is 15.2 Å². The highest BCUT2D eigenvalue weighted by molar-refractivity contribution is 7.13. The Morgan fingerprint density at radius 1 is 1.19 bits per heavy atom. The summed E-state index contributed by atoms with van der Waals surface area (Å²) < 4.78 is 0. The lowest BCUT2D eigenvalue weighted by molar-refractivity contribution is 0.674. The van der Waals surface area contributed by atoms with Crippen molar-refractivity contribution in [2.45, 2.75) is 26.4 Å². The molecule has 0 saturated carbocycles. The number of nitrogens with one attached hydrogen (secondary N) is 2. The zero-order chi connectivity index (χ0) is 14.5. The van der Waals surface area contributed by atoms with E-state index in [0.717, 1.165) is 30.9 Å². The van der Waals surface area contributed by atoms with Gasteiger partial charge >= 0.3 is 0 Å². The second-order valence-electron chi connectivity index (χ2n) is 4.81. The van der Waals surface area contributed by atoms with Gasteiger partial charge in [0.2, 0.25) is 0 Å². The number of H-pyrrole nitrogens is 1. The van der Waals surface area contributed by atoms with Gasteiger partial charge in [0.1, 0.15) is 0 Å². The lowest BCUT2D eigenvalue weighted by Gasteiger charge is -2.08. The van der Waals surface area contributed by atoms with Crippen LogP contribution < -0.4 is 5.32 Å². The molecular formula is C16H18N4S. The zero-order valence-electron chi connectivity index (χ0n) is 12.0. The molecule has 3 aromatic heterocycles. The van der Waals surface area contributed by atoms with Gasteiger partial charge in [-0.25, -0.2) is 0 Å². The van der Waals surface area contributed by atoms with Crippen molar-refractivity contribution in [3.05, 3.63) is 58.9 Å². The first kappa shape index (κ1) is 14.0. The van der Waals surface area contributed by atoms with Crippen LogP contribution in [0.25, 0.3) is 10.6 Å². The molecular weight excluding hydrogens is 280 g/mol. The van der Waals surface area contributed by atoms with Crippen molar-refractivity contribution in [2.24, 2.45) is 0 Å². The van der Waals surface area contributed by atoms with E-state index in [-0.39, 0.29) is 0 Å². The maximum atomic E-state index is 4.46. The summed E-state index contributed by atoms with van der Waals surface area (Å²) in [5.74, 6) is 0. The molecule has 0 radical (unpaired) electrons. The molecule has 4 nitrogen and oxygen atoms in total. The van der Waals surface area contributed by atoms with Crippen molar-refractivity contribution in [3.8, 4) is 10.6 Å². The number of hydrogen-bond acceptors (Lipinski definition) is 4. The minimum absolute atomic E-state index is 0.777. The second kappa shape index (κ2) is 6.65. The standard InChI is InChI=1S/C16H18N4S/c1-2-12-5-3-7-18-14(12)11-17-9-13-10-19-20-16(13)15-6-4-8-21-15/h3-8,10,17H,2,9,11H2,1H3,(H,19,20). The van der Waals surface area contributed by atoms with E-state index in [1.54, 1.807) is 11.3 Å². The molecule has 0 saturated heterocycles. The van der Waals surface area contributed by atoms with Gasteiger partial charge in [0.15, 0.2) is 0 Å². The van der Waals surface area contributed by atoms with E-state index in [1.807, 2.05) is 18.5 Å². The van der Waals surface area contributed by atoms with Gasteiger partial charge < -0.3 is 5.32 Å². The van der Waals surface area contributed by atoms with Gasteiger partial charge in [-0.05, 0) is 29.5 Å². The van der Waals surface area contributed by atoms with Crippen LogP contribution in [0.1, 0.15) is 23.7 Å². The van der Waals surface area contributed by atoms with Crippen molar-refractivity contribution in [2.75, 3.05) is 0 Å². The molecule has 0 amide bonds. The maximum Gasteiger partial charge on any atom is 0.0794 e. The van der Waals surface area contributed by atoms with Gasteiger partial charge in [-0.2, -0.15) is 5.10 Å². The molecule has 2 N–H and O–H groups in total. The molecule has 0 aliphatic heterocycles. The first-order valence-corrected chi connectivity index (χ1v) is 7.96. The fourth-order valence-electron chi connectivity index (χ4n) is 2.35. The lowest BCUT2D eigenvalue weighted by atomic mass is 10.1. The average Bonchev–Trinajstić information content (AvgIpc) is 3.18. The summed E-state index contributed by atoms with van der Waals surface area (Å²) in [5, 5.41) is 12.8. The Morgan fingerprint density at radius 3 is 2.95 bits per heavy atom. The molecule has 0 atom stereocenters. The quantitative estimate of drug-likeness (QED) is 0.733. The molecule has 3 aromatic rings. The molecule has 0 aromatic carbocycles. The number of aromatic amines is 1. The van der Waals surface area contributed by atoms with Crippen LogP contribution in [0, 0.1) is 0 Å². The van der Waals surface area contributed by atoms with Gasteiger partial charge in [-0.15, -0.1) is 11.3 Å². The fraction of sp³-hybridized carbons (Fsp3) is 0.250. The normalized spacial score (nSPS) is 10.9. The van der Waals surface area contributed by atoms with Gasteiger partial charge in [0.25, 0.3) is 0 Å². The Morgan fingerprint density at radius 2 is 2.14 bits per heavy atom. The Bertz CT molecular complexity index is 688. The van der Waals surface area contributed by atoms with E-state index in [2.05, 4.69) is 51.0 Å². The highest BCUT2D eigenvalue weighted by Crippen LogP contribution is 2.25. The van der Waals surface area contributed by atoms with Crippen LogP contribution >= 0.6 is 11.3 Å². The number of aryl methyl sites for hydroxylation is 1. The Hall–Kier alpha value is -1.98. The van der Waals surface area contributed by atoms with Crippen molar-refractivity contribution in [3.63, 3.8) is 0 Å². The molecule has 21 heavy (non-hydrogen) atoms. The second-order valence-corrected chi connectivity index (χ2v) is 5.76. The molecule has 5 heteroatoms. The molecule has 0 fully saturated rings. The predicted molar refractivity (Wildman–Crippen MR) is 86.1 cm³/mol. The van der Waals surface area contributed by atoms with E-state index < -0.39 is 0 Å². The number of aromatic nitrogens is 3. The minimum Gasteiger partial charge on any atom is -0.307 e. The van der Waals surface area contributed by atoms with Crippen molar-refractivity contribution in [1.82, 2.24) is 20.5 Å². The first-order chi connectivity index (χ1) is 10.4. The van der Waals surface area contributed by atoms with Crippen LogP contribution in [0.5, 0.6) is 0 Å². The highest BCUT2D eigenvalue weighted by atomic mass is 32.1. The Labute approximate surface area is 128 Å². The summed E-state index contributed by atoms with van der Waals surface area (Å²) in [6.07, 6.45) is 4.75. The fourth-order valence-corrected chi connectivity index (χ4v) is 3.10. The van der Waals surface area contributed by atoms with Gasteiger partial charge in [-0.3, -0.25) is 10.1 Å². The highest BCUT2D eigenvalue weighted by Gasteiger charge is 2.08.